The molecule has 0 aromatic rings. The monoisotopic (exact) mass is 266 g/mol. The molecule has 1 saturated carbocycles. The maximum atomic E-state index is 11.3. The Morgan fingerprint density at radius 2 is 2.16 bits per heavy atom. The molecule has 0 bridgehead atoms. The van der Waals surface area contributed by atoms with Gasteiger partial charge >= 0.3 is 11.9 Å². The average Bonchev–Trinajstić information content (AvgIpc) is 3.11. The van der Waals surface area contributed by atoms with Crippen molar-refractivity contribution in [3.8, 4) is 11.8 Å². The minimum atomic E-state index is -1.10. The Labute approximate surface area is 112 Å². The maximum absolute atomic E-state index is 11.3. The van der Waals surface area contributed by atoms with Gasteiger partial charge in [-0.3, -0.25) is 4.79 Å². The van der Waals surface area contributed by atoms with E-state index in [2.05, 4.69) is 16.6 Å². The lowest BCUT2D eigenvalue weighted by atomic mass is 9.77. The van der Waals surface area contributed by atoms with E-state index in [1.165, 1.54) is 14.0 Å². The summed E-state index contributed by atoms with van der Waals surface area (Å²) in [6.45, 7) is 3.03. The molecular formula is C14H18O5. The lowest BCUT2D eigenvalue weighted by Crippen LogP contribution is -2.48. The van der Waals surface area contributed by atoms with Crippen molar-refractivity contribution < 1.29 is 23.8 Å². The van der Waals surface area contributed by atoms with Gasteiger partial charge in [0.05, 0.1) is 13.2 Å². The topological polar surface area (TPSA) is 65.1 Å². The minimum absolute atomic E-state index is 0.0672. The van der Waals surface area contributed by atoms with Gasteiger partial charge in [-0.15, -0.1) is 0 Å². The fourth-order valence-electron chi connectivity index (χ4n) is 2.83. The number of hydrogen-bond acceptors (Lipinski definition) is 5. The van der Waals surface area contributed by atoms with Crippen LogP contribution in [0.3, 0.4) is 0 Å². The summed E-state index contributed by atoms with van der Waals surface area (Å²) in [4.78, 5) is 22.5. The second-order valence-corrected chi connectivity index (χ2v) is 5.11. The third-order valence-corrected chi connectivity index (χ3v) is 3.82. The summed E-state index contributed by atoms with van der Waals surface area (Å²) in [6.07, 6.45) is 3.91. The van der Waals surface area contributed by atoms with E-state index in [4.69, 9.17) is 9.47 Å². The fourth-order valence-corrected chi connectivity index (χ4v) is 2.83. The van der Waals surface area contributed by atoms with Gasteiger partial charge in [0.25, 0.3) is 0 Å². The number of epoxide rings is 1. The number of ether oxygens (including phenoxy) is 3. The summed E-state index contributed by atoms with van der Waals surface area (Å²) in [7, 11) is 1.26. The predicted molar refractivity (Wildman–Crippen MR) is 66.0 cm³/mol. The van der Waals surface area contributed by atoms with Crippen LogP contribution in [0.15, 0.2) is 0 Å². The van der Waals surface area contributed by atoms with Gasteiger partial charge in [0, 0.05) is 12.8 Å². The van der Waals surface area contributed by atoms with Crippen LogP contribution < -0.4 is 0 Å². The molecule has 0 aromatic carbocycles. The van der Waals surface area contributed by atoms with E-state index in [-0.39, 0.29) is 6.10 Å². The number of carbonyl (C=O) groups is 2. The van der Waals surface area contributed by atoms with Gasteiger partial charge in [-0.25, -0.2) is 4.79 Å². The molecule has 1 heterocycles. The first-order chi connectivity index (χ1) is 8.93. The Morgan fingerprint density at radius 3 is 2.74 bits per heavy atom. The maximum Gasteiger partial charge on any atom is 0.384 e. The van der Waals surface area contributed by atoms with E-state index in [1.54, 1.807) is 6.92 Å². The van der Waals surface area contributed by atoms with Gasteiger partial charge in [-0.1, -0.05) is 12.8 Å². The van der Waals surface area contributed by atoms with Crippen molar-refractivity contribution in [2.24, 2.45) is 0 Å². The molecule has 1 saturated heterocycles. The molecule has 2 rings (SSSR count). The Morgan fingerprint density at radius 1 is 1.42 bits per heavy atom. The first-order valence-electron chi connectivity index (χ1n) is 6.42. The zero-order valence-corrected chi connectivity index (χ0v) is 11.4. The van der Waals surface area contributed by atoms with Gasteiger partial charge in [-0.05, 0) is 25.7 Å². The molecule has 5 heteroatoms. The van der Waals surface area contributed by atoms with E-state index in [0.717, 1.165) is 25.7 Å². The SMILES string of the molecule is COC(=O)C#C[C@](C)(OC(C)=O)[C@]12CCCC[C@H]1O2. The summed E-state index contributed by atoms with van der Waals surface area (Å²) in [5.74, 6) is 4.01. The minimum Gasteiger partial charge on any atom is -0.459 e. The number of esters is 2. The molecule has 104 valence electrons. The molecule has 5 nitrogen and oxygen atoms in total. The summed E-state index contributed by atoms with van der Waals surface area (Å²) in [5.41, 5.74) is -1.66. The van der Waals surface area contributed by atoms with Crippen molar-refractivity contribution in [3.63, 3.8) is 0 Å². The summed E-state index contributed by atoms with van der Waals surface area (Å²) < 4.78 is 15.6. The molecule has 2 fully saturated rings. The highest BCUT2D eigenvalue weighted by Gasteiger charge is 2.69. The second-order valence-electron chi connectivity index (χ2n) is 5.11. The first kappa shape index (κ1) is 13.9. The van der Waals surface area contributed by atoms with Crippen molar-refractivity contribution in [2.45, 2.75) is 56.8 Å². The molecule has 3 atom stereocenters. The number of fused-ring (bicyclic) bond motifs is 1. The molecule has 19 heavy (non-hydrogen) atoms. The van der Waals surface area contributed by atoms with Crippen molar-refractivity contribution in [1.82, 2.24) is 0 Å². The van der Waals surface area contributed by atoms with E-state index in [0.29, 0.717) is 0 Å². The first-order valence-corrected chi connectivity index (χ1v) is 6.42. The van der Waals surface area contributed by atoms with E-state index >= 15 is 0 Å². The Bertz CT molecular complexity index is 460. The number of carbonyl (C=O) groups excluding carboxylic acids is 2. The summed E-state index contributed by atoms with van der Waals surface area (Å²) in [6, 6.07) is 0. The standard InChI is InChI=1S/C14H18O5/c1-10(15)18-13(2,9-7-12(16)17-3)14-8-5-4-6-11(14)19-14/h11H,4-6,8H2,1-3H3/t11-,13+,14+/m1/s1. The van der Waals surface area contributed by atoms with Crippen molar-refractivity contribution in [3.05, 3.63) is 0 Å². The van der Waals surface area contributed by atoms with Gasteiger partial charge in [-0.2, -0.15) is 0 Å². The smallest absolute Gasteiger partial charge is 0.384 e. The van der Waals surface area contributed by atoms with Crippen LogP contribution >= 0.6 is 0 Å². The van der Waals surface area contributed by atoms with Gasteiger partial charge in [0.2, 0.25) is 5.60 Å². The highest BCUT2D eigenvalue weighted by molar-refractivity contribution is 5.88. The van der Waals surface area contributed by atoms with Crippen LogP contribution in [0.4, 0.5) is 0 Å². The third-order valence-electron chi connectivity index (χ3n) is 3.82. The molecule has 0 spiro atoms. The third kappa shape index (κ3) is 2.45. The van der Waals surface area contributed by atoms with Crippen molar-refractivity contribution in [1.29, 1.82) is 0 Å². The average molecular weight is 266 g/mol. The lowest BCUT2D eigenvalue weighted by molar-refractivity contribution is -0.156. The van der Waals surface area contributed by atoms with E-state index in [9.17, 15) is 9.59 Å². The van der Waals surface area contributed by atoms with E-state index in [1.807, 2.05) is 0 Å². The molecule has 0 radical (unpaired) electrons. The largest absolute Gasteiger partial charge is 0.459 e. The molecular weight excluding hydrogens is 248 g/mol. The summed E-state index contributed by atoms with van der Waals surface area (Å²) in [5, 5.41) is 0. The highest BCUT2D eigenvalue weighted by atomic mass is 16.7. The fraction of sp³-hybridized carbons (Fsp3) is 0.714. The number of rotatable bonds is 2. The van der Waals surface area contributed by atoms with Gasteiger partial charge in [0.15, 0.2) is 0 Å². The molecule has 1 aliphatic carbocycles. The Kier molecular flexibility index (Phi) is 3.55. The lowest BCUT2D eigenvalue weighted by Gasteiger charge is -2.32. The van der Waals surface area contributed by atoms with Crippen LogP contribution in [0.2, 0.25) is 0 Å². The van der Waals surface area contributed by atoms with Crippen molar-refractivity contribution >= 4 is 11.9 Å². The molecule has 0 N–H and O–H groups in total. The quantitative estimate of drug-likeness (QED) is 0.325. The number of hydrogen-bond donors (Lipinski definition) is 0. The molecule has 0 unspecified atom stereocenters. The Balaban J connectivity index is 2.26. The molecule has 2 aliphatic rings. The highest BCUT2D eigenvalue weighted by Crippen LogP contribution is 2.55. The van der Waals surface area contributed by atoms with Crippen LogP contribution in [0.1, 0.15) is 39.5 Å². The molecule has 0 aromatic heterocycles. The predicted octanol–water partition coefficient (Wildman–Crippen LogP) is 1.20. The zero-order valence-electron chi connectivity index (χ0n) is 11.4. The zero-order chi connectivity index (χ0) is 14.1. The van der Waals surface area contributed by atoms with Crippen molar-refractivity contribution in [2.75, 3.05) is 7.11 Å². The molecule has 1 aliphatic heterocycles. The molecule has 0 amide bonds. The van der Waals surface area contributed by atoms with Crippen LogP contribution in [0.25, 0.3) is 0 Å². The van der Waals surface area contributed by atoms with Crippen LogP contribution in [-0.2, 0) is 23.8 Å². The normalized spacial score (nSPS) is 31.0. The Hall–Kier alpha value is -1.54. The van der Waals surface area contributed by atoms with Crippen LogP contribution in [0, 0.1) is 11.8 Å². The van der Waals surface area contributed by atoms with Crippen LogP contribution in [0.5, 0.6) is 0 Å². The summed E-state index contributed by atoms with van der Waals surface area (Å²) >= 11 is 0. The second kappa shape index (κ2) is 4.86. The van der Waals surface area contributed by atoms with Gasteiger partial charge < -0.3 is 14.2 Å². The van der Waals surface area contributed by atoms with E-state index < -0.39 is 23.1 Å². The number of methoxy groups -OCH3 is 1. The van der Waals surface area contributed by atoms with Crippen LogP contribution in [-0.4, -0.2) is 36.4 Å². The van der Waals surface area contributed by atoms with Gasteiger partial charge in [0.1, 0.15) is 5.60 Å².